The van der Waals surface area contributed by atoms with Crippen LogP contribution < -0.4 is 0 Å². The first kappa shape index (κ1) is 22.0. The first-order chi connectivity index (χ1) is 16.1. The van der Waals surface area contributed by atoms with Gasteiger partial charge >= 0.3 is 0 Å². The van der Waals surface area contributed by atoms with Gasteiger partial charge in [0.1, 0.15) is 5.69 Å². The highest BCUT2D eigenvalue weighted by atomic mass is 32.2. The Morgan fingerprint density at radius 2 is 1.73 bits per heavy atom. The summed E-state index contributed by atoms with van der Waals surface area (Å²) >= 11 is 4.74. The number of nitrogens with zero attached hydrogens (tertiary/aromatic N) is 3. The molecule has 1 N–H and O–H groups in total. The molecule has 0 aromatic carbocycles. The molecule has 1 fully saturated rings. The van der Waals surface area contributed by atoms with E-state index in [2.05, 4.69) is 17.1 Å². The molecule has 0 unspecified atom stereocenters. The van der Waals surface area contributed by atoms with Gasteiger partial charge in [-0.05, 0) is 41.9 Å². The van der Waals surface area contributed by atoms with Gasteiger partial charge in [0.25, 0.3) is 5.91 Å². The minimum atomic E-state index is -0.296. The van der Waals surface area contributed by atoms with Gasteiger partial charge in [0, 0.05) is 26.2 Å². The van der Waals surface area contributed by atoms with Crippen LogP contribution in [-0.2, 0) is 4.79 Å². The van der Waals surface area contributed by atoms with Crippen molar-refractivity contribution in [2.24, 2.45) is 0 Å². The fraction of sp³-hybridized carbons (Fsp3) is 0.261. The molecule has 170 valence electrons. The average molecular weight is 499 g/mol. The largest absolute Gasteiger partial charge is 0.459 e. The van der Waals surface area contributed by atoms with Crippen LogP contribution in [0.5, 0.6) is 0 Å². The number of nitrogens with one attached hydrogen (secondary N) is 1. The van der Waals surface area contributed by atoms with Gasteiger partial charge in [-0.15, -0.1) is 22.7 Å². The van der Waals surface area contributed by atoms with Crippen molar-refractivity contribution in [3.8, 4) is 21.1 Å². The molecule has 5 heterocycles. The number of aromatic amines is 1. The molecule has 0 spiro atoms. The number of amides is 2. The molecule has 0 bridgehead atoms. The Balaban J connectivity index is 1.25. The van der Waals surface area contributed by atoms with E-state index in [1.54, 1.807) is 39.7 Å². The molecule has 7 nitrogen and oxygen atoms in total. The van der Waals surface area contributed by atoms with Crippen molar-refractivity contribution in [3.05, 3.63) is 59.2 Å². The van der Waals surface area contributed by atoms with Crippen LogP contribution in [0.1, 0.15) is 17.5 Å². The maximum absolute atomic E-state index is 13.1. The molecule has 4 aromatic heterocycles. The van der Waals surface area contributed by atoms with Crippen molar-refractivity contribution in [3.63, 3.8) is 0 Å². The summed E-state index contributed by atoms with van der Waals surface area (Å²) in [6, 6.07) is 11.5. The first-order valence-electron chi connectivity index (χ1n) is 10.6. The van der Waals surface area contributed by atoms with Crippen LogP contribution in [0.25, 0.3) is 21.1 Å². The summed E-state index contributed by atoms with van der Waals surface area (Å²) in [5.74, 6) is 0.253. The molecular weight excluding hydrogens is 476 g/mol. The van der Waals surface area contributed by atoms with E-state index in [1.807, 2.05) is 34.7 Å². The van der Waals surface area contributed by atoms with Crippen LogP contribution in [-0.4, -0.2) is 63.0 Å². The van der Waals surface area contributed by atoms with Crippen LogP contribution in [0, 0.1) is 0 Å². The number of hydrogen-bond donors (Lipinski definition) is 1. The fourth-order valence-corrected chi connectivity index (χ4v) is 6.10. The van der Waals surface area contributed by atoms with E-state index in [4.69, 9.17) is 9.40 Å². The van der Waals surface area contributed by atoms with Gasteiger partial charge in [0.15, 0.2) is 10.9 Å². The Morgan fingerprint density at radius 3 is 2.36 bits per heavy atom. The zero-order valence-electron chi connectivity index (χ0n) is 17.9. The lowest BCUT2D eigenvalue weighted by Crippen LogP contribution is -2.52. The van der Waals surface area contributed by atoms with Crippen LogP contribution in [0.4, 0.5) is 0 Å². The predicted octanol–water partition coefficient (Wildman–Crippen LogP) is 4.92. The van der Waals surface area contributed by atoms with Crippen LogP contribution in [0.15, 0.2) is 63.0 Å². The van der Waals surface area contributed by atoms with Gasteiger partial charge in [-0.1, -0.05) is 23.9 Å². The van der Waals surface area contributed by atoms with Crippen molar-refractivity contribution < 1.29 is 14.0 Å². The summed E-state index contributed by atoms with van der Waals surface area (Å²) in [4.78, 5) is 39.6. The second-order valence-corrected chi connectivity index (χ2v) is 10.8. The zero-order valence-corrected chi connectivity index (χ0v) is 20.3. The second kappa shape index (κ2) is 9.58. The lowest BCUT2D eigenvalue weighted by atomic mass is 10.2. The second-order valence-electron chi connectivity index (χ2n) is 7.58. The van der Waals surface area contributed by atoms with Crippen molar-refractivity contribution in [1.29, 1.82) is 0 Å². The van der Waals surface area contributed by atoms with E-state index in [-0.39, 0.29) is 17.1 Å². The molecule has 5 rings (SSSR count). The maximum atomic E-state index is 13.1. The van der Waals surface area contributed by atoms with Crippen LogP contribution in [0.3, 0.4) is 0 Å². The number of aromatic nitrogens is 2. The molecule has 0 saturated carbocycles. The molecule has 0 radical (unpaired) electrons. The number of thiophene rings is 2. The highest BCUT2D eigenvalue weighted by molar-refractivity contribution is 8.00. The SMILES string of the molecule is C[C@H](Sc1nc(-c2cccs2)c(-c2cccs2)[nH]1)C(=O)N1CCN(C(=O)c2ccco2)CC1. The summed E-state index contributed by atoms with van der Waals surface area (Å²) in [5, 5.41) is 4.52. The van der Waals surface area contributed by atoms with E-state index in [0.717, 1.165) is 26.3 Å². The normalized spacial score (nSPS) is 15.1. The number of hydrogen-bond acceptors (Lipinski definition) is 7. The Labute approximate surface area is 203 Å². The molecule has 2 amide bonds. The number of H-pyrrole nitrogens is 1. The van der Waals surface area contributed by atoms with E-state index < -0.39 is 0 Å². The number of rotatable bonds is 6. The minimum absolute atomic E-state index is 0.0526. The van der Waals surface area contributed by atoms with Gasteiger partial charge in [0.05, 0.1) is 27.0 Å². The Hall–Kier alpha value is -2.82. The van der Waals surface area contributed by atoms with Gasteiger partial charge in [-0.2, -0.15) is 0 Å². The molecule has 1 aliphatic heterocycles. The summed E-state index contributed by atoms with van der Waals surface area (Å²) < 4.78 is 5.21. The number of imidazole rings is 1. The molecule has 10 heteroatoms. The number of thioether (sulfide) groups is 1. The number of furan rings is 1. The topological polar surface area (TPSA) is 82.4 Å². The van der Waals surface area contributed by atoms with Crippen molar-refractivity contribution in [1.82, 2.24) is 19.8 Å². The lowest BCUT2D eigenvalue weighted by Gasteiger charge is -2.35. The summed E-state index contributed by atoms with van der Waals surface area (Å²) in [5.41, 5.74) is 1.90. The first-order valence-corrected chi connectivity index (χ1v) is 13.2. The number of carbonyl (C=O) groups is 2. The Kier molecular flexibility index (Phi) is 6.39. The van der Waals surface area contributed by atoms with Gasteiger partial charge in [-0.3, -0.25) is 9.59 Å². The molecule has 1 aliphatic rings. The van der Waals surface area contributed by atoms with Crippen LogP contribution >= 0.6 is 34.4 Å². The van der Waals surface area contributed by atoms with Crippen LogP contribution in [0.2, 0.25) is 0 Å². The van der Waals surface area contributed by atoms with Crippen molar-refractivity contribution >= 4 is 46.2 Å². The third-order valence-electron chi connectivity index (χ3n) is 5.45. The van der Waals surface area contributed by atoms with E-state index in [1.165, 1.54) is 18.0 Å². The van der Waals surface area contributed by atoms with Crippen molar-refractivity contribution in [2.45, 2.75) is 17.3 Å². The zero-order chi connectivity index (χ0) is 22.8. The summed E-state index contributed by atoms with van der Waals surface area (Å²) in [7, 11) is 0. The smallest absolute Gasteiger partial charge is 0.289 e. The predicted molar refractivity (Wildman–Crippen MR) is 132 cm³/mol. The number of carbonyl (C=O) groups excluding carboxylic acids is 2. The average Bonchev–Trinajstić information content (AvgIpc) is 3.64. The van der Waals surface area contributed by atoms with Gasteiger partial charge in [0.2, 0.25) is 5.91 Å². The molecule has 33 heavy (non-hydrogen) atoms. The summed E-state index contributed by atoms with van der Waals surface area (Å²) in [6.45, 7) is 3.92. The maximum Gasteiger partial charge on any atom is 0.289 e. The molecule has 1 saturated heterocycles. The molecule has 0 aliphatic carbocycles. The minimum Gasteiger partial charge on any atom is -0.459 e. The van der Waals surface area contributed by atoms with Crippen molar-refractivity contribution in [2.75, 3.05) is 26.2 Å². The van der Waals surface area contributed by atoms with E-state index in [0.29, 0.717) is 31.9 Å². The van der Waals surface area contributed by atoms with Gasteiger partial charge < -0.3 is 19.2 Å². The highest BCUT2D eigenvalue weighted by Crippen LogP contribution is 2.37. The monoisotopic (exact) mass is 498 g/mol. The van der Waals surface area contributed by atoms with Gasteiger partial charge in [-0.25, -0.2) is 4.98 Å². The Morgan fingerprint density at radius 1 is 1.03 bits per heavy atom. The molecular formula is C23H22N4O3S3. The highest BCUT2D eigenvalue weighted by Gasteiger charge is 2.29. The third-order valence-corrected chi connectivity index (χ3v) is 8.19. The molecule has 4 aromatic rings. The summed E-state index contributed by atoms with van der Waals surface area (Å²) in [6.07, 6.45) is 1.49. The number of piperazine rings is 1. The standard InChI is InChI=1S/C23H22N4O3S3/c1-15(21(28)26-8-10-27(11-9-26)22(29)16-5-2-12-30-16)33-23-24-19(17-6-3-13-31-17)20(25-23)18-7-4-14-32-18/h2-7,12-15H,8-11H2,1H3,(H,24,25)/t15-/m0/s1. The third kappa shape index (κ3) is 4.64. The van der Waals surface area contributed by atoms with E-state index >= 15 is 0 Å². The fourth-order valence-electron chi connectivity index (χ4n) is 3.76. The quantitative estimate of drug-likeness (QED) is 0.382. The Bertz CT molecular complexity index is 1160. The lowest BCUT2D eigenvalue weighted by molar-refractivity contribution is -0.131. The van der Waals surface area contributed by atoms with E-state index in [9.17, 15) is 9.59 Å². The molecule has 1 atom stereocenters.